The molecule has 1 aliphatic rings. The van der Waals surface area contributed by atoms with E-state index in [0.717, 1.165) is 0 Å². The molecule has 0 radical (unpaired) electrons. The van der Waals surface area contributed by atoms with Crippen molar-refractivity contribution in [1.29, 1.82) is 0 Å². The molecule has 0 saturated carbocycles. The minimum Gasteiger partial charge on any atom is -0.508 e. The van der Waals surface area contributed by atoms with E-state index in [4.69, 9.17) is 0 Å². The molecule has 0 aromatic carbocycles. The summed E-state index contributed by atoms with van der Waals surface area (Å²) in [7, 11) is 0. The third-order valence-electron chi connectivity index (χ3n) is 5.14. The first kappa shape index (κ1) is 22.8. The van der Waals surface area contributed by atoms with E-state index in [0.29, 0.717) is 31.1 Å². The Hall–Kier alpha value is -1.20. The van der Waals surface area contributed by atoms with Gasteiger partial charge in [0.2, 0.25) is 0 Å². The van der Waals surface area contributed by atoms with Crippen LogP contribution in [0.5, 0.6) is 0 Å². The molecule has 0 aromatic heterocycles. The fourth-order valence-corrected chi connectivity index (χ4v) is 3.55. The lowest BCUT2D eigenvalue weighted by atomic mass is 9.78. The van der Waals surface area contributed by atoms with Crippen LogP contribution in [0, 0.1) is 23.7 Å². The number of aliphatic hydroxyl groups is 3. The third kappa shape index (κ3) is 4.95. The Balaban J connectivity index is 3.24. The van der Waals surface area contributed by atoms with Gasteiger partial charge in [-0.3, -0.25) is 9.59 Å². The zero-order valence-electron chi connectivity index (χ0n) is 17.1. The smallest absolute Gasteiger partial charge is 0.176 e. The van der Waals surface area contributed by atoms with Crippen molar-refractivity contribution in [1.82, 2.24) is 0 Å². The van der Waals surface area contributed by atoms with Crippen LogP contribution in [0.4, 0.5) is 0 Å². The van der Waals surface area contributed by atoms with Crippen LogP contribution < -0.4 is 0 Å². The summed E-state index contributed by atoms with van der Waals surface area (Å²) in [6.07, 6.45) is 0.741. The van der Waals surface area contributed by atoms with Gasteiger partial charge in [-0.05, 0) is 37.0 Å². The molecule has 0 amide bonds. The molecule has 3 N–H and O–H groups in total. The highest BCUT2D eigenvalue weighted by molar-refractivity contribution is 6.23. The van der Waals surface area contributed by atoms with E-state index >= 15 is 0 Å². The Labute approximate surface area is 157 Å². The Bertz CT molecular complexity index is 547. The standard InChI is InChI=1S/C21H36O5/c1-12(2)7-9-15-19(24)18(16(22)11-14(5)6)20(25)21(15,26)17(23)10-8-13(3)4/h12-15,17,23,25-26H,7-11H2,1-6H3/t15?,17-,21+/m1/s1. The molecule has 1 aliphatic carbocycles. The molecule has 0 fully saturated rings. The van der Waals surface area contributed by atoms with E-state index in [1.807, 2.05) is 41.5 Å². The predicted molar refractivity (Wildman–Crippen MR) is 102 cm³/mol. The lowest BCUT2D eigenvalue weighted by molar-refractivity contribution is -0.137. The van der Waals surface area contributed by atoms with Crippen LogP contribution in [-0.2, 0) is 9.59 Å². The van der Waals surface area contributed by atoms with Crippen molar-refractivity contribution in [2.24, 2.45) is 23.7 Å². The highest BCUT2D eigenvalue weighted by atomic mass is 16.4. The van der Waals surface area contributed by atoms with Gasteiger partial charge in [0.05, 0.1) is 12.0 Å². The lowest BCUT2D eigenvalue weighted by Gasteiger charge is -2.34. The summed E-state index contributed by atoms with van der Waals surface area (Å²) >= 11 is 0. The second-order valence-corrected chi connectivity index (χ2v) is 8.95. The van der Waals surface area contributed by atoms with Crippen LogP contribution in [0.1, 0.15) is 73.6 Å². The fourth-order valence-electron chi connectivity index (χ4n) is 3.55. The van der Waals surface area contributed by atoms with Crippen molar-refractivity contribution in [3.05, 3.63) is 11.3 Å². The van der Waals surface area contributed by atoms with E-state index in [9.17, 15) is 24.9 Å². The SMILES string of the molecule is CC(C)CCC1C(=O)C(C(=O)CC(C)C)=C(O)[C@@]1(O)[C@H](O)CCC(C)C. The molecule has 1 rings (SSSR count). The summed E-state index contributed by atoms with van der Waals surface area (Å²) in [5.74, 6) is -1.94. The van der Waals surface area contributed by atoms with Crippen molar-refractivity contribution in [2.75, 3.05) is 0 Å². The normalized spacial score (nSPS) is 25.0. The Morgan fingerprint density at radius 1 is 1.00 bits per heavy atom. The lowest BCUT2D eigenvalue weighted by Crippen LogP contribution is -2.49. The van der Waals surface area contributed by atoms with Crippen LogP contribution >= 0.6 is 0 Å². The molecule has 0 heterocycles. The Morgan fingerprint density at radius 3 is 2.00 bits per heavy atom. The van der Waals surface area contributed by atoms with E-state index in [-0.39, 0.29) is 24.3 Å². The zero-order valence-corrected chi connectivity index (χ0v) is 17.1. The summed E-state index contributed by atoms with van der Waals surface area (Å²) in [4.78, 5) is 25.4. The fraction of sp³-hybridized carbons (Fsp3) is 0.810. The number of hydrogen-bond acceptors (Lipinski definition) is 5. The minimum atomic E-state index is -2.07. The molecule has 0 saturated heterocycles. The van der Waals surface area contributed by atoms with Crippen molar-refractivity contribution in [3.8, 4) is 0 Å². The highest BCUT2D eigenvalue weighted by Crippen LogP contribution is 2.44. The van der Waals surface area contributed by atoms with E-state index < -0.39 is 34.9 Å². The molecule has 26 heavy (non-hydrogen) atoms. The van der Waals surface area contributed by atoms with Gasteiger partial charge in [-0.25, -0.2) is 0 Å². The summed E-state index contributed by atoms with van der Waals surface area (Å²) in [6, 6.07) is 0. The molecule has 0 aromatic rings. The van der Waals surface area contributed by atoms with Crippen molar-refractivity contribution >= 4 is 11.6 Å². The first-order chi connectivity index (χ1) is 11.9. The Morgan fingerprint density at radius 2 is 1.54 bits per heavy atom. The monoisotopic (exact) mass is 368 g/mol. The quantitative estimate of drug-likeness (QED) is 0.512. The van der Waals surface area contributed by atoms with Crippen LogP contribution in [0.15, 0.2) is 11.3 Å². The number of Topliss-reactive ketones (excluding diaryl/α,β-unsaturated/α-hetero) is 2. The van der Waals surface area contributed by atoms with Crippen LogP contribution in [-0.4, -0.2) is 38.6 Å². The maximum absolute atomic E-state index is 12.9. The van der Waals surface area contributed by atoms with Gasteiger partial charge in [0.15, 0.2) is 17.2 Å². The molecule has 0 aliphatic heterocycles. The predicted octanol–water partition coefficient (Wildman–Crippen LogP) is 3.58. The van der Waals surface area contributed by atoms with Gasteiger partial charge in [0.1, 0.15) is 11.3 Å². The Kier molecular flexibility index (Phi) is 8.03. The number of allylic oxidation sites excluding steroid dienone is 1. The molecular weight excluding hydrogens is 332 g/mol. The van der Waals surface area contributed by atoms with Crippen molar-refractivity contribution in [3.63, 3.8) is 0 Å². The number of aliphatic hydroxyl groups excluding tert-OH is 2. The van der Waals surface area contributed by atoms with E-state index in [1.54, 1.807) is 0 Å². The van der Waals surface area contributed by atoms with Crippen LogP contribution in [0.25, 0.3) is 0 Å². The van der Waals surface area contributed by atoms with Crippen molar-refractivity contribution in [2.45, 2.75) is 85.4 Å². The topological polar surface area (TPSA) is 94.8 Å². The average Bonchev–Trinajstić information content (AvgIpc) is 2.69. The highest BCUT2D eigenvalue weighted by Gasteiger charge is 2.58. The molecule has 5 nitrogen and oxygen atoms in total. The van der Waals surface area contributed by atoms with Crippen LogP contribution in [0.2, 0.25) is 0 Å². The van der Waals surface area contributed by atoms with Crippen molar-refractivity contribution < 1.29 is 24.9 Å². The maximum atomic E-state index is 12.9. The first-order valence-electron chi connectivity index (χ1n) is 9.84. The van der Waals surface area contributed by atoms with Gasteiger partial charge >= 0.3 is 0 Å². The van der Waals surface area contributed by atoms with Crippen LogP contribution in [0.3, 0.4) is 0 Å². The summed E-state index contributed by atoms with van der Waals surface area (Å²) in [5, 5.41) is 32.5. The second-order valence-electron chi connectivity index (χ2n) is 8.95. The van der Waals surface area contributed by atoms with Gasteiger partial charge in [0.25, 0.3) is 0 Å². The average molecular weight is 369 g/mol. The molecule has 0 spiro atoms. The molecular formula is C21H36O5. The number of rotatable bonds is 10. The van der Waals surface area contributed by atoms with Gasteiger partial charge in [-0.2, -0.15) is 0 Å². The molecule has 3 atom stereocenters. The third-order valence-corrected chi connectivity index (χ3v) is 5.14. The largest absolute Gasteiger partial charge is 0.508 e. The second kappa shape index (κ2) is 9.14. The van der Waals surface area contributed by atoms with Gasteiger partial charge in [-0.15, -0.1) is 0 Å². The number of carbonyl (C=O) groups excluding carboxylic acids is 2. The van der Waals surface area contributed by atoms with E-state index in [2.05, 4.69) is 0 Å². The van der Waals surface area contributed by atoms with E-state index in [1.165, 1.54) is 0 Å². The minimum absolute atomic E-state index is 0.0317. The summed E-state index contributed by atoms with van der Waals surface area (Å²) in [5.41, 5.74) is -2.37. The number of ketones is 2. The molecule has 150 valence electrons. The number of carbonyl (C=O) groups is 2. The maximum Gasteiger partial charge on any atom is 0.176 e. The summed E-state index contributed by atoms with van der Waals surface area (Å²) in [6.45, 7) is 11.7. The van der Waals surface area contributed by atoms with Gasteiger partial charge < -0.3 is 15.3 Å². The summed E-state index contributed by atoms with van der Waals surface area (Å²) < 4.78 is 0. The zero-order chi connectivity index (χ0) is 20.2. The molecule has 1 unspecified atom stereocenters. The molecule has 5 heteroatoms. The number of hydrogen-bond donors (Lipinski definition) is 3. The first-order valence-corrected chi connectivity index (χ1v) is 9.84. The molecule has 0 bridgehead atoms. The van der Waals surface area contributed by atoms with Gasteiger partial charge in [-0.1, -0.05) is 48.0 Å². The van der Waals surface area contributed by atoms with Gasteiger partial charge in [0, 0.05) is 6.42 Å².